The number of likely N-dealkylation sites (N-methyl/N-ethyl adjacent to an activating group) is 1. The summed E-state index contributed by atoms with van der Waals surface area (Å²) in [6.45, 7) is 4.56. The van der Waals surface area contributed by atoms with Crippen molar-refractivity contribution in [2.24, 2.45) is 0 Å². The molecule has 8 heteroatoms. The Morgan fingerprint density at radius 1 is 1.28 bits per heavy atom. The molecule has 3 aromatic rings. The second-order valence-electron chi connectivity index (χ2n) is 6.12. The summed E-state index contributed by atoms with van der Waals surface area (Å²) in [6.07, 6.45) is 0. The SMILES string of the molecule is Cc1nc2cc(F)ccc2cc1-c1nc(C2CNCCN2C)no1.Cl. The number of piperazine rings is 1. The molecule has 0 saturated carbocycles. The third-order valence-corrected chi connectivity index (χ3v) is 4.45. The van der Waals surface area contributed by atoms with Gasteiger partial charge in [-0.25, -0.2) is 4.39 Å². The highest BCUT2D eigenvalue weighted by atomic mass is 35.5. The van der Waals surface area contributed by atoms with Crippen molar-refractivity contribution in [1.29, 1.82) is 0 Å². The van der Waals surface area contributed by atoms with Gasteiger partial charge in [0.1, 0.15) is 5.82 Å². The third-order valence-electron chi connectivity index (χ3n) is 4.45. The van der Waals surface area contributed by atoms with Gasteiger partial charge in [0.25, 0.3) is 5.89 Å². The molecule has 1 atom stereocenters. The van der Waals surface area contributed by atoms with Crippen molar-refractivity contribution in [1.82, 2.24) is 25.3 Å². The lowest BCUT2D eigenvalue weighted by Gasteiger charge is -2.30. The lowest BCUT2D eigenvalue weighted by atomic mass is 10.1. The quantitative estimate of drug-likeness (QED) is 0.755. The Bertz CT molecular complexity index is 900. The van der Waals surface area contributed by atoms with Crippen LogP contribution in [0, 0.1) is 12.7 Å². The molecule has 1 N–H and O–H groups in total. The number of nitrogens with one attached hydrogen (secondary N) is 1. The molecular weight excluding hydrogens is 345 g/mol. The summed E-state index contributed by atoms with van der Waals surface area (Å²) in [5.41, 5.74) is 2.13. The van der Waals surface area contributed by atoms with E-state index in [4.69, 9.17) is 4.52 Å². The van der Waals surface area contributed by atoms with Crippen molar-refractivity contribution in [3.8, 4) is 11.5 Å². The van der Waals surface area contributed by atoms with Crippen molar-refractivity contribution >= 4 is 23.3 Å². The van der Waals surface area contributed by atoms with Gasteiger partial charge in [-0.15, -0.1) is 12.4 Å². The molecule has 0 spiro atoms. The summed E-state index contributed by atoms with van der Waals surface area (Å²) in [5, 5.41) is 8.33. The molecule has 25 heavy (non-hydrogen) atoms. The number of rotatable bonds is 2. The lowest BCUT2D eigenvalue weighted by molar-refractivity contribution is 0.190. The summed E-state index contributed by atoms with van der Waals surface area (Å²) in [4.78, 5) is 11.2. The molecule has 0 aliphatic carbocycles. The van der Waals surface area contributed by atoms with E-state index in [9.17, 15) is 4.39 Å². The van der Waals surface area contributed by atoms with Crippen molar-refractivity contribution < 1.29 is 8.91 Å². The van der Waals surface area contributed by atoms with Crippen LogP contribution in [-0.4, -0.2) is 46.7 Å². The van der Waals surface area contributed by atoms with Crippen LogP contribution < -0.4 is 5.32 Å². The minimum absolute atomic E-state index is 0. The van der Waals surface area contributed by atoms with Crippen molar-refractivity contribution in [2.45, 2.75) is 13.0 Å². The maximum Gasteiger partial charge on any atom is 0.259 e. The van der Waals surface area contributed by atoms with Gasteiger partial charge >= 0.3 is 0 Å². The fourth-order valence-electron chi connectivity index (χ4n) is 3.03. The summed E-state index contributed by atoms with van der Waals surface area (Å²) in [5.74, 6) is 0.813. The van der Waals surface area contributed by atoms with Gasteiger partial charge in [0, 0.05) is 31.1 Å². The van der Waals surface area contributed by atoms with E-state index in [1.807, 2.05) is 13.0 Å². The highest BCUT2D eigenvalue weighted by Crippen LogP contribution is 2.27. The average molecular weight is 364 g/mol. The van der Waals surface area contributed by atoms with Crippen LogP contribution in [0.4, 0.5) is 4.39 Å². The summed E-state index contributed by atoms with van der Waals surface area (Å²) in [6, 6.07) is 6.56. The fraction of sp³-hybridized carbons (Fsp3) is 0.353. The van der Waals surface area contributed by atoms with Crippen molar-refractivity contribution in [3.05, 3.63) is 41.6 Å². The molecule has 1 aromatic carbocycles. The number of halogens is 2. The first-order valence-corrected chi connectivity index (χ1v) is 7.93. The van der Waals surface area contributed by atoms with Gasteiger partial charge in [0.2, 0.25) is 0 Å². The Labute approximate surface area is 150 Å². The first-order chi connectivity index (χ1) is 11.6. The first-order valence-electron chi connectivity index (χ1n) is 7.93. The maximum atomic E-state index is 13.3. The van der Waals surface area contributed by atoms with Gasteiger partial charge < -0.3 is 9.84 Å². The summed E-state index contributed by atoms with van der Waals surface area (Å²) in [7, 11) is 2.05. The van der Waals surface area contributed by atoms with E-state index < -0.39 is 0 Å². The van der Waals surface area contributed by atoms with E-state index in [-0.39, 0.29) is 24.3 Å². The van der Waals surface area contributed by atoms with Gasteiger partial charge in [-0.2, -0.15) is 4.98 Å². The van der Waals surface area contributed by atoms with Crippen LogP contribution in [0.5, 0.6) is 0 Å². The predicted molar refractivity (Wildman–Crippen MR) is 95.2 cm³/mol. The van der Waals surface area contributed by atoms with E-state index in [1.54, 1.807) is 6.07 Å². The molecular formula is C17H19ClFN5O. The molecule has 3 heterocycles. The Morgan fingerprint density at radius 3 is 2.92 bits per heavy atom. The zero-order chi connectivity index (χ0) is 16.7. The van der Waals surface area contributed by atoms with Crippen LogP contribution in [0.25, 0.3) is 22.4 Å². The van der Waals surface area contributed by atoms with E-state index in [2.05, 4.69) is 32.4 Å². The van der Waals surface area contributed by atoms with Gasteiger partial charge in [0.05, 0.1) is 22.8 Å². The highest BCUT2D eigenvalue weighted by Gasteiger charge is 2.26. The fourth-order valence-corrected chi connectivity index (χ4v) is 3.03. The molecule has 1 aliphatic rings. The molecule has 2 aromatic heterocycles. The van der Waals surface area contributed by atoms with Gasteiger partial charge in [0.15, 0.2) is 5.82 Å². The number of hydrogen-bond donors (Lipinski definition) is 1. The molecule has 132 valence electrons. The normalized spacial score (nSPS) is 18.3. The van der Waals surface area contributed by atoms with Crippen molar-refractivity contribution in [3.63, 3.8) is 0 Å². The summed E-state index contributed by atoms with van der Waals surface area (Å²) < 4.78 is 18.8. The topological polar surface area (TPSA) is 67.1 Å². The molecule has 1 fully saturated rings. The first kappa shape index (κ1) is 17.7. The van der Waals surface area contributed by atoms with Crippen LogP contribution in [0.3, 0.4) is 0 Å². The van der Waals surface area contributed by atoms with Crippen molar-refractivity contribution in [2.75, 3.05) is 26.7 Å². The van der Waals surface area contributed by atoms with E-state index >= 15 is 0 Å². The van der Waals surface area contributed by atoms with Crippen LogP contribution >= 0.6 is 12.4 Å². The minimum Gasteiger partial charge on any atom is -0.334 e. The highest BCUT2D eigenvalue weighted by molar-refractivity contribution is 5.85. The Morgan fingerprint density at radius 2 is 2.12 bits per heavy atom. The molecule has 0 radical (unpaired) electrons. The predicted octanol–water partition coefficient (Wildman–Crippen LogP) is 2.73. The zero-order valence-electron chi connectivity index (χ0n) is 14.0. The number of pyridine rings is 1. The maximum absolute atomic E-state index is 13.3. The Kier molecular flexibility index (Phi) is 4.99. The Balaban J connectivity index is 0.00000182. The van der Waals surface area contributed by atoms with Gasteiger partial charge in [-0.1, -0.05) is 5.16 Å². The van der Waals surface area contributed by atoms with Crippen LogP contribution in [0.2, 0.25) is 0 Å². The monoisotopic (exact) mass is 363 g/mol. The molecule has 0 bridgehead atoms. The van der Waals surface area contributed by atoms with E-state index in [0.717, 1.165) is 36.3 Å². The standard InChI is InChI=1S/C17H18FN5O.ClH/c1-10-13(7-11-3-4-12(18)8-14(11)20-10)17-21-16(22-24-17)15-9-19-5-6-23(15)2;/h3-4,7-8,15,19H,5-6,9H2,1-2H3;1H. The molecule has 0 amide bonds. The van der Waals surface area contributed by atoms with Crippen LogP contribution in [-0.2, 0) is 0 Å². The second kappa shape index (κ2) is 7.03. The third kappa shape index (κ3) is 3.35. The minimum atomic E-state index is -0.296. The summed E-state index contributed by atoms with van der Waals surface area (Å²) >= 11 is 0. The molecule has 1 unspecified atom stereocenters. The number of fused-ring (bicyclic) bond motifs is 1. The second-order valence-corrected chi connectivity index (χ2v) is 6.12. The van der Waals surface area contributed by atoms with Gasteiger partial charge in [-0.05, 0) is 32.2 Å². The number of hydrogen-bond acceptors (Lipinski definition) is 6. The van der Waals surface area contributed by atoms with Crippen LogP contribution in [0.1, 0.15) is 17.6 Å². The lowest BCUT2D eigenvalue weighted by Crippen LogP contribution is -2.44. The van der Waals surface area contributed by atoms with E-state index in [0.29, 0.717) is 17.2 Å². The Hall–Kier alpha value is -2.09. The molecule has 1 aliphatic heterocycles. The average Bonchev–Trinajstić information content (AvgIpc) is 3.04. The number of aromatic nitrogens is 3. The molecule has 6 nitrogen and oxygen atoms in total. The number of aryl methyl sites for hydroxylation is 1. The smallest absolute Gasteiger partial charge is 0.259 e. The number of benzene rings is 1. The van der Waals surface area contributed by atoms with Crippen LogP contribution in [0.15, 0.2) is 28.8 Å². The largest absolute Gasteiger partial charge is 0.334 e. The zero-order valence-corrected chi connectivity index (χ0v) is 14.8. The number of nitrogens with zero attached hydrogens (tertiary/aromatic N) is 4. The van der Waals surface area contributed by atoms with E-state index in [1.165, 1.54) is 12.1 Å². The molecule has 4 rings (SSSR count). The van der Waals surface area contributed by atoms with Gasteiger partial charge in [-0.3, -0.25) is 9.88 Å². The molecule has 1 saturated heterocycles.